The summed E-state index contributed by atoms with van der Waals surface area (Å²) in [4.78, 5) is 8.16. The Morgan fingerprint density at radius 1 is 1.12 bits per heavy atom. The van der Waals surface area contributed by atoms with Gasteiger partial charge in [0.2, 0.25) is 10.0 Å². The minimum Gasteiger partial charge on any atom is -0.369 e. The SMILES string of the molecule is O=S(=O)(NCCNc1cc(-n2cccc2)ncn1)c1ccc(F)c(Cl)c1. The molecule has 0 atom stereocenters. The van der Waals surface area contributed by atoms with Gasteiger partial charge in [0.25, 0.3) is 0 Å². The van der Waals surface area contributed by atoms with Crippen LogP contribution in [0.1, 0.15) is 0 Å². The highest BCUT2D eigenvalue weighted by molar-refractivity contribution is 7.89. The predicted octanol–water partition coefficient (Wildman–Crippen LogP) is 2.45. The lowest BCUT2D eigenvalue weighted by Gasteiger charge is -2.09. The van der Waals surface area contributed by atoms with Crippen molar-refractivity contribution in [2.45, 2.75) is 4.90 Å². The third-order valence-electron chi connectivity index (χ3n) is 3.45. The van der Waals surface area contributed by atoms with Crippen molar-refractivity contribution in [3.8, 4) is 5.82 Å². The van der Waals surface area contributed by atoms with Crippen molar-refractivity contribution in [3.63, 3.8) is 0 Å². The van der Waals surface area contributed by atoms with Gasteiger partial charge in [0, 0.05) is 31.5 Å². The molecule has 2 N–H and O–H groups in total. The largest absolute Gasteiger partial charge is 0.369 e. The van der Waals surface area contributed by atoms with Crippen LogP contribution in [-0.2, 0) is 10.0 Å². The Morgan fingerprint density at radius 3 is 2.62 bits per heavy atom. The lowest BCUT2D eigenvalue weighted by atomic mass is 10.3. The van der Waals surface area contributed by atoms with Crippen molar-refractivity contribution < 1.29 is 12.8 Å². The molecular weight excluding hydrogens is 381 g/mol. The van der Waals surface area contributed by atoms with E-state index in [0.29, 0.717) is 18.2 Å². The van der Waals surface area contributed by atoms with E-state index < -0.39 is 15.8 Å². The molecule has 0 aliphatic rings. The molecule has 0 unspecified atom stereocenters. The average Bonchev–Trinajstić information content (AvgIpc) is 3.16. The molecule has 10 heteroatoms. The molecule has 0 aliphatic heterocycles. The lowest BCUT2D eigenvalue weighted by Crippen LogP contribution is -2.29. The predicted molar refractivity (Wildman–Crippen MR) is 96.4 cm³/mol. The summed E-state index contributed by atoms with van der Waals surface area (Å²) in [6, 6.07) is 8.75. The van der Waals surface area contributed by atoms with Gasteiger partial charge in [0.05, 0.1) is 9.92 Å². The quantitative estimate of drug-likeness (QED) is 0.600. The van der Waals surface area contributed by atoms with E-state index >= 15 is 0 Å². The van der Waals surface area contributed by atoms with Gasteiger partial charge in [-0.2, -0.15) is 0 Å². The number of anilines is 1. The topological polar surface area (TPSA) is 88.9 Å². The maximum atomic E-state index is 13.1. The van der Waals surface area contributed by atoms with E-state index in [-0.39, 0.29) is 16.5 Å². The van der Waals surface area contributed by atoms with Crippen molar-refractivity contribution in [1.82, 2.24) is 19.3 Å². The van der Waals surface area contributed by atoms with E-state index in [1.54, 1.807) is 6.07 Å². The summed E-state index contributed by atoms with van der Waals surface area (Å²) >= 11 is 5.62. The molecule has 136 valence electrons. The molecule has 1 aromatic carbocycles. The van der Waals surface area contributed by atoms with Gasteiger partial charge in [-0.25, -0.2) is 27.5 Å². The van der Waals surface area contributed by atoms with Crippen LogP contribution < -0.4 is 10.0 Å². The summed E-state index contributed by atoms with van der Waals surface area (Å²) in [6.07, 6.45) is 5.13. The highest BCUT2D eigenvalue weighted by atomic mass is 35.5. The second-order valence-electron chi connectivity index (χ2n) is 5.25. The van der Waals surface area contributed by atoms with E-state index in [4.69, 9.17) is 11.6 Å². The van der Waals surface area contributed by atoms with Crippen molar-refractivity contribution in [2.75, 3.05) is 18.4 Å². The number of nitrogens with one attached hydrogen (secondary N) is 2. The van der Waals surface area contributed by atoms with E-state index in [2.05, 4.69) is 20.0 Å². The van der Waals surface area contributed by atoms with Crippen molar-refractivity contribution >= 4 is 27.4 Å². The standard InChI is InChI=1S/C16H15ClFN5O2S/c17-13-9-12(3-4-14(13)18)26(24,25)22-6-5-19-15-10-16(21-11-20-15)23-7-1-2-8-23/h1-4,7-11,22H,5-6H2,(H,19,20,21). The molecule has 0 aliphatic carbocycles. The molecule has 0 fully saturated rings. The van der Waals surface area contributed by atoms with Crippen LogP contribution in [0, 0.1) is 5.82 Å². The Labute approximate surface area is 154 Å². The second-order valence-corrected chi connectivity index (χ2v) is 7.43. The fourth-order valence-electron chi connectivity index (χ4n) is 2.18. The molecule has 7 nitrogen and oxygen atoms in total. The molecule has 2 heterocycles. The summed E-state index contributed by atoms with van der Waals surface area (Å²) in [6.45, 7) is 0.413. The zero-order valence-corrected chi connectivity index (χ0v) is 15.0. The fraction of sp³-hybridized carbons (Fsp3) is 0.125. The van der Waals surface area contributed by atoms with Crippen LogP contribution in [-0.4, -0.2) is 36.0 Å². The van der Waals surface area contributed by atoms with Crippen LogP contribution in [0.3, 0.4) is 0 Å². The maximum Gasteiger partial charge on any atom is 0.240 e. The Morgan fingerprint density at radius 2 is 1.88 bits per heavy atom. The van der Waals surface area contributed by atoms with Crippen molar-refractivity contribution in [2.24, 2.45) is 0 Å². The van der Waals surface area contributed by atoms with Crippen LogP contribution >= 0.6 is 11.6 Å². The van der Waals surface area contributed by atoms with Gasteiger partial charge in [-0.05, 0) is 30.3 Å². The third kappa shape index (κ3) is 4.37. The summed E-state index contributed by atoms with van der Waals surface area (Å²) < 4.78 is 41.7. The number of benzene rings is 1. The van der Waals surface area contributed by atoms with E-state index in [9.17, 15) is 12.8 Å². The first kappa shape index (κ1) is 18.3. The minimum absolute atomic E-state index is 0.0965. The summed E-state index contributed by atoms with van der Waals surface area (Å²) in [5.74, 6) is 0.580. The number of aromatic nitrogens is 3. The average molecular weight is 396 g/mol. The number of hydrogen-bond acceptors (Lipinski definition) is 5. The van der Waals surface area contributed by atoms with Crippen LogP contribution in [0.25, 0.3) is 5.82 Å². The molecule has 2 aromatic heterocycles. The maximum absolute atomic E-state index is 13.1. The Bertz CT molecular complexity index is 996. The Kier molecular flexibility index (Phi) is 5.50. The Hall–Kier alpha value is -2.49. The van der Waals surface area contributed by atoms with Crippen molar-refractivity contribution in [1.29, 1.82) is 0 Å². The molecule has 0 saturated heterocycles. The van der Waals surface area contributed by atoms with Gasteiger partial charge in [-0.1, -0.05) is 11.6 Å². The number of rotatable bonds is 7. The third-order valence-corrected chi connectivity index (χ3v) is 5.19. The summed E-state index contributed by atoms with van der Waals surface area (Å²) in [5.41, 5.74) is 0. The first-order valence-corrected chi connectivity index (χ1v) is 9.46. The highest BCUT2D eigenvalue weighted by Gasteiger charge is 2.15. The summed E-state index contributed by atoms with van der Waals surface area (Å²) in [5, 5.41) is 2.77. The number of nitrogens with zero attached hydrogens (tertiary/aromatic N) is 3. The molecular formula is C16H15ClFN5O2S. The molecule has 3 rings (SSSR count). The van der Waals surface area contributed by atoms with Crippen LogP contribution in [0.2, 0.25) is 5.02 Å². The second kappa shape index (κ2) is 7.81. The molecule has 0 spiro atoms. The number of halogens is 2. The smallest absolute Gasteiger partial charge is 0.240 e. The molecule has 0 amide bonds. The first-order valence-electron chi connectivity index (χ1n) is 7.60. The zero-order chi connectivity index (χ0) is 18.6. The van der Waals surface area contributed by atoms with E-state index in [1.807, 2.05) is 29.1 Å². The molecule has 0 bridgehead atoms. The van der Waals surface area contributed by atoms with Crippen LogP contribution in [0.5, 0.6) is 0 Å². The highest BCUT2D eigenvalue weighted by Crippen LogP contribution is 2.19. The van der Waals surface area contributed by atoms with E-state index in [1.165, 1.54) is 6.33 Å². The van der Waals surface area contributed by atoms with Gasteiger partial charge in [-0.15, -0.1) is 0 Å². The molecule has 3 aromatic rings. The monoisotopic (exact) mass is 395 g/mol. The Balaban J connectivity index is 1.57. The fourth-order valence-corrected chi connectivity index (χ4v) is 3.48. The van der Waals surface area contributed by atoms with Crippen LogP contribution in [0.15, 0.2) is 60.0 Å². The van der Waals surface area contributed by atoms with Gasteiger partial charge in [0.1, 0.15) is 23.8 Å². The molecule has 0 saturated carbocycles. The normalized spacial score (nSPS) is 11.5. The van der Waals surface area contributed by atoms with E-state index in [0.717, 1.165) is 18.2 Å². The van der Waals surface area contributed by atoms with Crippen LogP contribution in [0.4, 0.5) is 10.2 Å². The zero-order valence-electron chi connectivity index (χ0n) is 13.4. The molecule has 0 radical (unpaired) electrons. The van der Waals surface area contributed by atoms with Crippen molar-refractivity contribution in [3.05, 3.63) is 66.0 Å². The lowest BCUT2D eigenvalue weighted by molar-refractivity contribution is 0.582. The summed E-state index contributed by atoms with van der Waals surface area (Å²) in [7, 11) is -3.78. The first-order chi connectivity index (χ1) is 12.5. The number of sulfonamides is 1. The minimum atomic E-state index is -3.78. The number of hydrogen-bond donors (Lipinski definition) is 2. The van der Waals surface area contributed by atoms with Gasteiger partial charge < -0.3 is 9.88 Å². The molecule has 26 heavy (non-hydrogen) atoms. The van der Waals surface area contributed by atoms with Gasteiger partial charge in [0.15, 0.2) is 0 Å². The van der Waals surface area contributed by atoms with Gasteiger partial charge in [-0.3, -0.25) is 0 Å². The van der Waals surface area contributed by atoms with Gasteiger partial charge >= 0.3 is 0 Å².